The minimum atomic E-state index is -0.645. The molecular formula is C8H14O2. The van der Waals surface area contributed by atoms with E-state index in [4.69, 9.17) is 12.2 Å². The molecule has 0 aliphatic carbocycles. The zero-order valence-corrected chi connectivity index (χ0v) is 6.39. The summed E-state index contributed by atoms with van der Waals surface area (Å²) in [4.78, 5) is 0. The Balaban J connectivity index is 2.34. The van der Waals surface area contributed by atoms with Gasteiger partial charge in [-0.25, -0.2) is 0 Å². The molecule has 2 aliphatic heterocycles. The van der Waals surface area contributed by atoms with Gasteiger partial charge in [0.2, 0.25) is 0 Å². The van der Waals surface area contributed by atoms with Gasteiger partial charge < -0.3 is 9.47 Å². The fourth-order valence-electron chi connectivity index (χ4n) is 1.66. The van der Waals surface area contributed by atoms with Gasteiger partial charge in [-0.05, 0) is 20.7 Å². The summed E-state index contributed by atoms with van der Waals surface area (Å²) < 4.78 is 26.4. The lowest BCUT2D eigenvalue weighted by Gasteiger charge is -2.30. The minimum absolute atomic E-state index is 0.0564. The Bertz CT molecular complexity index is 211. The third kappa shape index (κ3) is 0.663. The molecular weight excluding hydrogens is 128 g/mol. The molecule has 2 rings (SSSR count). The minimum Gasteiger partial charge on any atom is -0.369 e. The average Bonchev–Trinajstić information content (AvgIpc) is 2.40. The van der Waals surface area contributed by atoms with Gasteiger partial charge in [-0.3, -0.25) is 0 Å². The summed E-state index contributed by atoms with van der Waals surface area (Å²) in [6.07, 6.45) is -0.461. The molecule has 0 aromatic heterocycles. The molecule has 0 N–H and O–H groups in total. The van der Waals surface area contributed by atoms with Gasteiger partial charge in [0, 0.05) is 9.14 Å². The van der Waals surface area contributed by atoms with E-state index in [1.807, 2.05) is 13.8 Å². The van der Waals surface area contributed by atoms with E-state index in [1.54, 1.807) is 0 Å². The van der Waals surface area contributed by atoms with Crippen molar-refractivity contribution in [1.29, 1.82) is 0 Å². The van der Waals surface area contributed by atoms with Crippen LogP contribution in [0.4, 0.5) is 0 Å². The van der Waals surface area contributed by atoms with Crippen molar-refractivity contribution in [3.8, 4) is 0 Å². The molecule has 10 heavy (non-hydrogen) atoms. The molecule has 0 aromatic carbocycles. The van der Waals surface area contributed by atoms with E-state index in [-0.39, 0.29) is 13.0 Å². The summed E-state index contributed by atoms with van der Waals surface area (Å²) in [7, 11) is 0. The largest absolute Gasteiger partial charge is 0.369 e. The van der Waals surface area contributed by atoms with Gasteiger partial charge in [0.05, 0.1) is 23.9 Å². The van der Waals surface area contributed by atoms with Crippen molar-refractivity contribution >= 4 is 0 Å². The normalized spacial score (nSPS) is 69.8. The van der Waals surface area contributed by atoms with Gasteiger partial charge in [0.25, 0.3) is 0 Å². The molecule has 2 fully saturated rings. The molecule has 0 spiro atoms. The number of hydrogen-bond acceptors (Lipinski definition) is 2. The molecule has 2 bridgehead atoms. The second kappa shape index (κ2) is 1.56. The lowest BCUT2D eigenvalue weighted by molar-refractivity contribution is -0.161. The zero-order valence-electron chi connectivity index (χ0n) is 8.39. The highest BCUT2D eigenvalue weighted by atomic mass is 16.6. The summed E-state index contributed by atoms with van der Waals surface area (Å²) in [5.41, 5.74) is -1.13. The monoisotopic (exact) mass is 146 g/mol. The van der Waals surface area contributed by atoms with Gasteiger partial charge in [-0.15, -0.1) is 0 Å². The molecule has 0 unspecified atom stereocenters. The predicted molar refractivity (Wildman–Crippen MR) is 37.9 cm³/mol. The van der Waals surface area contributed by atoms with Crippen molar-refractivity contribution in [2.24, 2.45) is 0 Å². The van der Waals surface area contributed by atoms with Crippen LogP contribution in [-0.2, 0) is 9.47 Å². The lowest BCUT2D eigenvalue weighted by atomic mass is 9.95. The van der Waals surface area contributed by atoms with E-state index >= 15 is 0 Å². The topological polar surface area (TPSA) is 18.5 Å². The summed E-state index contributed by atoms with van der Waals surface area (Å²) in [5.74, 6) is 0. The van der Waals surface area contributed by atoms with Crippen molar-refractivity contribution in [2.45, 2.75) is 44.5 Å². The fourth-order valence-corrected chi connectivity index (χ4v) is 1.66. The predicted octanol–water partition coefficient (Wildman–Crippen LogP) is 1.34. The Morgan fingerprint density at radius 1 is 1.80 bits per heavy atom. The molecule has 0 amide bonds. The second-order valence-electron chi connectivity index (χ2n) is 3.44. The highest BCUT2D eigenvalue weighted by molar-refractivity contribution is 5.04. The van der Waals surface area contributed by atoms with Crippen molar-refractivity contribution < 1.29 is 12.2 Å². The van der Waals surface area contributed by atoms with Crippen molar-refractivity contribution in [2.75, 3.05) is 6.61 Å². The lowest BCUT2D eigenvalue weighted by Crippen LogP contribution is -2.38. The number of rotatable bonds is 0. The number of ether oxygens (including phenoxy) is 2. The van der Waals surface area contributed by atoms with Crippen LogP contribution in [0.2, 0.25) is 0 Å². The third-order valence-corrected chi connectivity index (χ3v) is 2.40. The van der Waals surface area contributed by atoms with Crippen LogP contribution in [0.3, 0.4) is 0 Å². The van der Waals surface area contributed by atoms with E-state index in [1.165, 1.54) is 0 Å². The van der Waals surface area contributed by atoms with Gasteiger partial charge in [0.1, 0.15) is 0 Å². The van der Waals surface area contributed by atoms with Crippen molar-refractivity contribution in [3.63, 3.8) is 0 Å². The van der Waals surface area contributed by atoms with Crippen LogP contribution in [0.25, 0.3) is 0 Å². The standard InChI is InChI=1S/C8H14O2/c1-6-8(3)4-7(2,10-6)5-9-8/h6H,4-5H2,1-3H3/t6-,7-,8+/m0/s1/i2T,4T/t4-,6-,7-,8+. The van der Waals surface area contributed by atoms with Crippen LogP contribution < -0.4 is 0 Å². The molecule has 2 nitrogen and oxygen atoms in total. The Labute approximate surface area is 64.3 Å². The molecule has 4 atom stereocenters. The molecule has 2 aliphatic rings. The molecule has 0 saturated carbocycles. The fraction of sp³-hybridized carbons (Fsp3) is 1.00. The summed E-state index contributed by atoms with van der Waals surface area (Å²) in [6.45, 7) is 4.35. The van der Waals surface area contributed by atoms with Crippen LogP contribution in [0.1, 0.15) is 29.9 Å². The van der Waals surface area contributed by atoms with E-state index in [9.17, 15) is 0 Å². The first-order chi connectivity index (χ1) is 5.55. The molecule has 0 aromatic rings. The van der Waals surface area contributed by atoms with E-state index in [0.717, 1.165) is 0 Å². The molecule has 2 heteroatoms. The maximum Gasteiger partial charge on any atom is 0.0942 e. The van der Waals surface area contributed by atoms with Gasteiger partial charge in [-0.1, -0.05) is 0 Å². The number of fused-ring (bicyclic) bond motifs is 2. The Morgan fingerprint density at radius 2 is 2.60 bits per heavy atom. The smallest absolute Gasteiger partial charge is 0.0942 e. The molecule has 2 saturated heterocycles. The second-order valence-corrected chi connectivity index (χ2v) is 3.44. The Kier molecular flexibility index (Phi) is 0.739. The maximum absolute atomic E-state index is 7.91. The summed E-state index contributed by atoms with van der Waals surface area (Å²) >= 11 is 0. The quantitative estimate of drug-likeness (QED) is 0.513. The SMILES string of the molecule is [3H]C[C@]12CO[C@@](C)([C@H](C)O1)[C@H]2[3H]. The highest BCUT2D eigenvalue weighted by Crippen LogP contribution is 2.46. The molecule has 0 radical (unpaired) electrons. The van der Waals surface area contributed by atoms with Gasteiger partial charge in [-0.2, -0.15) is 0 Å². The first kappa shape index (κ1) is 4.73. The first-order valence-corrected chi connectivity index (χ1v) is 3.58. The van der Waals surface area contributed by atoms with Crippen LogP contribution in [0, 0.1) is 0 Å². The van der Waals surface area contributed by atoms with Crippen molar-refractivity contribution in [1.82, 2.24) is 0 Å². The highest BCUT2D eigenvalue weighted by Gasteiger charge is 2.56. The van der Waals surface area contributed by atoms with Crippen LogP contribution in [-0.4, -0.2) is 23.9 Å². The molecule has 2 heterocycles. The van der Waals surface area contributed by atoms with E-state index in [0.29, 0.717) is 6.61 Å². The average molecular weight is 146 g/mol. The molecule has 58 valence electrons. The summed E-state index contributed by atoms with van der Waals surface area (Å²) in [6, 6.07) is 0. The maximum atomic E-state index is 7.91. The van der Waals surface area contributed by atoms with Crippen LogP contribution in [0.5, 0.6) is 0 Å². The van der Waals surface area contributed by atoms with Gasteiger partial charge >= 0.3 is 0 Å². The third-order valence-electron chi connectivity index (χ3n) is 2.40. The van der Waals surface area contributed by atoms with Crippen LogP contribution >= 0.6 is 0 Å². The zero-order chi connectivity index (χ0) is 8.98. The van der Waals surface area contributed by atoms with E-state index < -0.39 is 17.6 Å². The first-order valence-electron chi connectivity index (χ1n) is 4.87. The van der Waals surface area contributed by atoms with Gasteiger partial charge in [0.15, 0.2) is 0 Å². The van der Waals surface area contributed by atoms with Crippen LogP contribution in [0.15, 0.2) is 0 Å². The van der Waals surface area contributed by atoms with E-state index in [2.05, 4.69) is 0 Å². The Hall–Kier alpha value is -0.0800. The van der Waals surface area contributed by atoms with Crippen molar-refractivity contribution in [3.05, 3.63) is 0 Å². The summed E-state index contributed by atoms with van der Waals surface area (Å²) in [5, 5.41) is 0. The number of hydrogen-bond donors (Lipinski definition) is 0. The Morgan fingerprint density at radius 3 is 2.90 bits per heavy atom.